The third kappa shape index (κ3) is 4.43. The van der Waals surface area contributed by atoms with Crippen molar-refractivity contribution < 1.29 is 0 Å². The second kappa shape index (κ2) is 5.61. The van der Waals surface area contributed by atoms with Crippen LogP contribution in [0.4, 0.5) is 0 Å². The van der Waals surface area contributed by atoms with Crippen LogP contribution in [0.5, 0.6) is 0 Å². The van der Waals surface area contributed by atoms with Crippen molar-refractivity contribution in [3.05, 3.63) is 38.0 Å². The summed E-state index contributed by atoms with van der Waals surface area (Å²) < 4.78 is 0. The van der Waals surface area contributed by atoms with E-state index < -0.39 is 6.60 Å². The molecule has 0 radical (unpaired) electrons. The molecule has 0 unspecified atom stereocenters. The molecule has 2 heteroatoms. The summed E-state index contributed by atoms with van der Waals surface area (Å²) in [6.07, 6.45) is 6.22. The van der Waals surface area contributed by atoms with Crippen molar-refractivity contribution in [1.82, 2.24) is 0 Å². The maximum atomic E-state index is 3.81. The van der Waals surface area contributed by atoms with E-state index in [1.165, 1.54) is 18.1 Å². The van der Waals surface area contributed by atoms with Crippen molar-refractivity contribution in [2.45, 2.75) is 18.1 Å². The Morgan fingerprint density at radius 1 is 0.909 bits per heavy atom. The van der Waals surface area contributed by atoms with E-state index in [1.54, 1.807) is 0 Å². The fraction of sp³-hybridized carbons (Fsp3) is 0.333. The Kier molecular flexibility index (Phi) is 5.60. The van der Waals surface area contributed by atoms with Crippen LogP contribution in [0.3, 0.4) is 0 Å². The molecular formula is C9H18GeSi. The Labute approximate surface area is 78.7 Å². The third-order valence-electron chi connectivity index (χ3n) is 1.91. The number of hydrogen-bond donors (Lipinski definition) is 0. The van der Waals surface area contributed by atoms with E-state index >= 15 is 0 Å². The van der Waals surface area contributed by atoms with E-state index in [2.05, 4.69) is 38.0 Å². The van der Waals surface area contributed by atoms with Crippen LogP contribution in [0.1, 0.15) is 0 Å². The summed E-state index contributed by atoms with van der Waals surface area (Å²) in [4.78, 5) is 0. The molecular weight excluding hydrogens is 209 g/mol. The molecule has 0 saturated heterocycles. The zero-order valence-electron chi connectivity index (χ0n) is 7.47. The normalized spacial score (nSPS) is 10.9. The van der Waals surface area contributed by atoms with Crippen molar-refractivity contribution in [3.8, 4) is 0 Å². The second-order valence-corrected chi connectivity index (χ2v) is 21.5. The molecule has 0 nitrogen and oxygen atoms in total. The summed E-state index contributed by atoms with van der Waals surface area (Å²) >= 11 is 0.955. The third-order valence-corrected chi connectivity index (χ3v) is 13.4. The maximum absolute atomic E-state index is 3.81. The van der Waals surface area contributed by atoms with Gasteiger partial charge in [-0.05, 0) is 0 Å². The number of hydrogen-bond acceptors (Lipinski definition) is 0. The molecule has 0 atom stereocenters. The Morgan fingerprint density at radius 2 is 1.18 bits per heavy atom. The van der Waals surface area contributed by atoms with Crippen molar-refractivity contribution in [2.24, 2.45) is 0 Å². The molecule has 0 aliphatic rings. The van der Waals surface area contributed by atoms with Gasteiger partial charge in [-0.3, -0.25) is 0 Å². The molecule has 0 fully saturated rings. The van der Waals surface area contributed by atoms with Crippen LogP contribution < -0.4 is 0 Å². The monoisotopic (exact) mass is 228 g/mol. The SMILES string of the molecule is C=CC[Si]([GeH3])(CC=C)CC=C. The average molecular weight is 227 g/mol. The van der Waals surface area contributed by atoms with E-state index in [1.807, 2.05) is 0 Å². The van der Waals surface area contributed by atoms with Gasteiger partial charge in [0.15, 0.2) is 0 Å². The molecule has 0 spiro atoms. The predicted molar refractivity (Wildman–Crippen MR) is 60.7 cm³/mol. The van der Waals surface area contributed by atoms with Gasteiger partial charge >= 0.3 is 78.6 Å². The first kappa shape index (κ1) is 11.0. The Hall–Kier alpha value is -0.0203. The van der Waals surface area contributed by atoms with Crippen LogP contribution in [0.15, 0.2) is 38.0 Å². The van der Waals surface area contributed by atoms with Gasteiger partial charge in [-0.25, -0.2) is 0 Å². The molecule has 0 aromatic rings. The van der Waals surface area contributed by atoms with Gasteiger partial charge < -0.3 is 0 Å². The van der Waals surface area contributed by atoms with E-state index in [4.69, 9.17) is 0 Å². The van der Waals surface area contributed by atoms with Gasteiger partial charge in [0.2, 0.25) is 0 Å². The number of rotatable bonds is 6. The zero-order chi connectivity index (χ0) is 8.74. The van der Waals surface area contributed by atoms with Crippen molar-refractivity contribution in [2.75, 3.05) is 0 Å². The van der Waals surface area contributed by atoms with Gasteiger partial charge in [0, 0.05) is 0 Å². The van der Waals surface area contributed by atoms with E-state index in [0.717, 1.165) is 15.9 Å². The van der Waals surface area contributed by atoms with Gasteiger partial charge in [-0.2, -0.15) is 0 Å². The van der Waals surface area contributed by atoms with Crippen molar-refractivity contribution in [3.63, 3.8) is 0 Å². The Balaban J connectivity index is 4.09. The summed E-state index contributed by atoms with van der Waals surface area (Å²) in [5.41, 5.74) is 0. The topological polar surface area (TPSA) is 0 Å². The Bertz CT molecular complexity index is 125. The van der Waals surface area contributed by atoms with Crippen LogP contribution in [-0.4, -0.2) is 22.5 Å². The summed E-state index contributed by atoms with van der Waals surface area (Å²) in [5.74, 6) is 0. The zero-order valence-corrected chi connectivity index (χ0v) is 12.7. The summed E-state index contributed by atoms with van der Waals surface area (Å²) in [5, 5.41) is 0. The van der Waals surface area contributed by atoms with Crippen molar-refractivity contribution >= 4 is 22.5 Å². The second-order valence-electron chi connectivity index (χ2n) is 3.29. The molecule has 0 saturated carbocycles. The van der Waals surface area contributed by atoms with Crippen LogP contribution in [0.25, 0.3) is 0 Å². The van der Waals surface area contributed by atoms with E-state index in [0.29, 0.717) is 0 Å². The molecule has 0 amide bonds. The molecule has 0 rings (SSSR count). The van der Waals surface area contributed by atoms with Crippen LogP contribution >= 0.6 is 0 Å². The molecule has 11 heavy (non-hydrogen) atoms. The van der Waals surface area contributed by atoms with Gasteiger partial charge in [-0.15, -0.1) is 0 Å². The van der Waals surface area contributed by atoms with Gasteiger partial charge in [0.25, 0.3) is 0 Å². The summed E-state index contributed by atoms with van der Waals surface area (Å²) in [6, 6.07) is 3.77. The number of allylic oxidation sites excluding steroid dienone is 3. The minimum atomic E-state index is -0.916. The molecule has 0 aromatic carbocycles. The fourth-order valence-corrected chi connectivity index (χ4v) is 9.34. The molecule has 0 bridgehead atoms. The Morgan fingerprint density at radius 3 is 1.36 bits per heavy atom. The van der Waals surface area contributed by atoms with E-state index in [-0.39, 0.29) is 0 Å². The standard InChI is InChI=1S/C9H18GeSi/c1-4-7-11(10,8-5-2)9-6-3/h4-6H,1-3,7-9H2,10H3. The molecule has 62 valence electrons. The fourth-order valence-electron chi connectivity index (χ4n) is 1.30. The van der Waals surface area contributed by atoms with Gasteiger partial charge in [0.1, 0.15) is 0 Å². The summed E-state index contributed by atoms with van der Waals surface area (Å²) in [6.45, 7) is 10.5. The van der Waals surface area contributed by atoms with E-state index in [9.17, 15) is 0 Å². The van der Waals surface area contributed by atoms with Gasteiger partial charge in [-0.1, -0.05) is 0 Å². The molecule has 0 heterocycles. The van der Waals surface area contributed by atoms with Crippen LogP contribution in [0, 0.1) is 0 Å². The first-order chi connectivity index (χ1) is 5.18. The molecule has 0 aromatic heterocycles. The molecule has 0 N–H and O–H groups in total. The average Bonchev–Trinajstić information content (AvgIpc) is 1.88. The first-order valence-electron chi connectivity index (χ1n) is 4.01. The predicted octanol–water partition coefficient (Wildman–Crippen LogP) is 1.86. The van der Waals surface area contributed by atoms with Gasteiger partial charge in [0.05, 0.1) is 0 Å². The van der Waals surface area contributed by atoms with Crippen molar-refractivity contribution in [1.29, 1.82) is 0 Å². The first-order valence-corrected chi connectivity index (χ1v) is 13.4. The molecule has 0 aliphatic carbocycles. The summed E-state index contributed by atoms with van der Waals surface area (Å²) in [7, 11) is 0. The van der Waals surface area contributed by atoms with Crippen LogP contribution in [-0.2, 0) is 0 Å². The minimum absolute atomic E-state index is 0.916. The molecule has 0 aliphatic heterocycles. The van der Waals surface area contributed by atoms with Crippen LogP contribution in [0.2, 0.25) is 18.1 Å². The quantitative estimate of drug-likeness (QED) is 0.479.